The number of likely N-dealkylation sites (tertiary alicyclic amines) is 1. The Hall–Kier alpha value is -1.63. The first-order chi connectivity index (χ1) is 8.28. The minimum Gasteiger partial charge on any atom is -0.392 e. The van der Waals surface area contributed by atoms with Crippen molar-refractivity contribution < 1.29 is 5.11 Å². The van der Waals surface area contributed by atoms with Crippen LogP contribution >= 0.6 is 0 Å². The van der Waals surface area contributed by atoms with E-state index in [2.05, 4.69) is 17.0 Å². The maximum absolute atomic E-state index is 9.38. The molecule has 1 N–H and O–H groups in total. The van der Waals surface area contributed by atoms with E-state index in [9.17, 15) is 5.11 Å². The number of aliphatic hydroxyl groups excluding tert-OH is 1. The zero-order valence-electron chi connectivity index (χ0n) is 9.71. The molecule has 1 aromatic carbocycles. The molecular formula is C14H16N2O. The minimum atomic E-state index is -0.154. The van der Waals surface area contributed by atoms with Crippen molar-refractivity contribution in [3.05, 3.63) is 41.5 Å². The molecule has 0 saturated carbocycles. The summed E-state index contributed by atoms with van der Waals surface area (Å²) in [5.41, 5.74) is 1.79. The number of benzene rings is 1. The van der Waals surface area contributed by atoms with Gasteiger partial charge in [-0.25, -0.2) is 0 Å². The van der Waals surface area contributed by atoms with Gasteiger partial charge in [0.1, 0.15) is 0 Å². The normalized spacial score (nSPS) is 20.8. The van der Waals surface area contributed by atoms with Gasteiger partial charge < -0.3 is 5.11 Å². The first-order valence-corrected chi connectivity index (χ1v) is 5.85. The van der Waals surface area contributed by atoms with Gasteiger partial charge in [0.05, 0.1) is 17.7 Å². The van der Waals surface area contributed by atoms with Gasteiger partial charge in [0, 0.05) is 19.6 Å². The van der Waals surface area contributed by atoms with Crippen LogP contribution in [0.3, 0.4) is 0 Å². The van der Waals surface area contributed by atoms with Crippen molar-refractivity contribution in [1.29, 1.82) is 5.26 Å². The zero-order valence-corrected chi connectivity index (χ0v) is 9.71. The molecular weight excluding hydrogens is 212 g/mol. The molecule has 0 bridgehead atoms. The summed E-state index contributed by atoms with van der Waals surface area (Å²) in [6.07, 6.45) is 4.87. The molecule has 88 valence electrons. The molecule has 3 heteroatoms. The minimum absolute atomic E-state index is 0.154. The molecule has 1 atom stereocenters. The van der Waals surface area contributed by atoms with Gasteiger partial charge in [-0.1, -0.05) is 24.3 Å². The van der Waals surface area contributed by atoms with Crippen LogP contribution in [0.15, 0.2) is 30.3 Å². The van der Waals surface area contributed by atoms with Crippen LogP contribution in [-0.4, -0.2) is 35.7 Å². The molecule has 1 fully saturated rings. The molecule has 17 heavy (non-hydrogen) atoms. The van der Waals surface area contributed by atoms with Gasteiger partial charge in [-0.15, -0.1) is 0 Å². The molecule has 1 aromatic rings. The SMILES string of the molecule is N#Cc1ccc(/C=C/CN2CC[C@@H](O)C2)cc1. The molecule has 3 nitrogen and oxygen atoms in total. The Kier molecular flexibility index (Phi) is 3.92. The van der Waals surface area contributed by atoms with Crippen molar-refractivity contribution in [2.75, 3.05) is 19.6 Å². The van der Waals surface area contributed by atoms with E-state index in [1.165, 1.54) is 0 Å². The maximum atomic E-state index is 9.38. The molecule has 0 spiro atoms. The smallest absolute Gasteiger partial charge is 0.0991 e. The topological polar surface area (TPSA) is 47.3 Å². The molecule has 0 unspecified atom stereocenters. The highest BCUT2D eigenvalue weighted by molar-refractivity contribution is 5.51. The van der Waals surface area contributed by atoms with Crippen molar-refractivity contribution in [2.24, 2.45) is 0 Å². The maximum Gasteiger partial charge on any atom is 0.0991 e. The van der Waals surface area contributed by atoms with Crippen molar-refractivity contribution in [3.63, 3.8) is 0 Å². The van der Waals surface area contributed by atoms with Gasteiger partial charge in [-0.2, -0.15) is 5.26 Å². The second-order valence-corrected chi connectivity index (χ2v) is 4.34. The van der Waals surface area contributed by atoms with E-state index in [1.807, 2.05) is 30.3 Å². The van der Waals surface area contributed by atoms with E-state index in [0.29, 0.717) is 5.56 Å². The van der Waals surface area contributed by atoms with Gasteiger partial charge in [0.2, 0.25) is 0 Å². The summed E-state index contributed by atoms with van der Waals surface area (Å²) in [7, 11) is 0. The van der Waals surface area contributed by atoms with Crippen LogP contribution in [-0.2, 0) is 0 Å². The summed E-state index contributed by atoms with van der Waals surface area (Å²) in [6.45, 7) is 2.62. The first kappa shape index (κ1) is 11.8. The van der Waals surface area contributed by atoms with E-state index in [1.54, 1.807) is 0 Å². The average Bonchev–Trinajstić information content (AvgIpc) is 2.76. The number of hydrogen-bond acceptors (Lipinski definition) is 3. The fraction of sp³-hybridized carbons (Fsp3) is 0.357. The molecule has 1 heterocycles. The van der Waals surface area contributed by atoms with Crippen molar-refractivity contribution in [2.45, 2.75) is 12.5 Å². The molecule has 2 rings (SSSR count). The van der Waals surface area contributed by atoms with Gasteiger partial charge in [0.15, 0.2) is 0 Å². The van der Waals surface area contributed by atoms with Crippen LogP contribution in [0.2, 0.25) is 0 Å². The van der Waals surface area contributed by atoms with Crippen LogP contribution < -0.4 is 0 Å². The van der Waals surface area contributed by atoms with Crippen LogP contribution in [0, 0.1) is 11.3 Å². The summed E-state index contributed by atoms with van der Waals surface area (Å²) in [6, 6.07) is 9.61. The van der Waals surface area contributed by atoms with Crippen LogP contribution in [0.25, 0.3) is 6.08 Å². The molecule has 1 aliphatic rings. The standard InChI is InChI=1S/C14H16N2O/c15-10-13-5-3-12(4-6-13)2-1-8-16-9-7-14(17)11-16/h1-6,14,17H,7-9,11H2/b2-1+/t14-/m1/s1. The summed E-state index contributed by atoms with van der Waals surface area (Å²) < 4.78 is 0. The number of nitrogens with zero attached hydrogens (tertiary/aromatic N) is 2. The predicted molar refractivity (Wildman–Crippen MR) is 67.3 cm³/mol. The molecule has 0 aliphatic carbocycles. The molecule has 1 saturated heterocycles. The fourth-order valence-electron chi connectivity index (χ4n) is 1.98. The van der Waals surface area contributed by atoms with E-state index in [4.69, 9.17) is 5.26 Å². The third-order valence-corrected chi connectivity index (χ3v) is 2.96. The second-order valence-electron chi connectivity index (χ2n) is 4.34. The van der Waals surface area contributed by atoms with Gasteiger partial charge in [-0.3, -0.25) is 4.90 Å². The zero-order chi connectivity index (χ0) is 12.1. The Morgan fingerprint density at radius 2 is 2.18 bits per heavy atom. The Morgan fingerprint density at radius 1 is 1.41 bits per heavy atom. The Balaban J connectivity index is 1.85. The van der Waals surface area contributed by atoms with Gasteiger partial charge >= 0.3 is 0 Å². The Bertz CT molecular complexity index is 431. The lowest BCUT2D eigenvalue weighted by molar-refractivity contribution is 0.179. The molecule has 0 aromatic heterocycles. The Morgan fingerprint density at radius 3 is 2.76 bits per heavy atom. The van der Waals surface area contributed by atoms with E-state index in [0.717, 1.165) is 31.6 Å². The van der Waals surface area contributed by atoms with E-state index in [-0.39, 0.29) is 6.10 Å². The number of hydrogen-bond donors (Lipinski definition) is 1. The lowest BCUT2D eigenvalue weighted by Crippen LogP contribution is -2.21. The molecule has 1 aliphatic heterocycles. The summed E-state index contributed by atoms with van der Waals surface area (Å²) in [4.78, 5) is 2.23. The van der Waals surface area contributed by atoms with Crippen LogP contribution in [0.4, 0.5) is 0 Å². The summed E-state index contributed by atoms with van der Waals surface area (Å²) >= 11 is 0. The second kappa shape index (κ2) is 5.62. The quantitative estimate of drug-likeness (QED) is 0.855. The van der Waals surface area contributed by atoms with Crippen molar-refractivity contribution >= 4 is 6.08 Å². The third-order valence-electron chi connectivity index (χ3n) is 2.96. The number of nitriles is 1. The highest BCUT2D eigenvalue weighted by Gasteiger charge is 2.18. The average molecular weight is 228 g/mol. The molecule has 0 radical (unpaired) electrons. The number of β-amino-alcohol motifs (C(OH)–C–C–N with tert-alkyl or cyclic N) is 1. The first-order valence-electron chi connectivity index (χ1n) is 5.85. The predicted octanol–water partition coefficient (Wildman–Crippen LogP) is 1.64. The van der Waals surface area contributed by atoms with Gasteiger partial charge in [-0.05, 0) is 24.1 Å². The molecule has 0 amide bonds. The highest BCUT2D eigenvalue weighted by Crippen LogP contribution is 2.09. The number of aliphatic hydroxyl groups is 1. The summed E-state index contributed by atoms with van der Waals surface area (Å²) in [5.74, 6) is 0. The lowest BCUT2D eigenvalue weighted by Gasteiger charge is -2.10. The largest absolute Gasteiger partial charge is 0.392 e. The highest BCUT2D eigenvalue weighted by atomic mass is 16.3. The lowest BCUT2D eigenvalue weighted by atomic mass is 10.1. The Labute approximate surface area is 102 Å². The fourth-order valence-corrected chi connectivity index (χ4v) is 1.98. The van der Waals surface area contributed by atoms with Crippen molar-refractivity contribution in [3.8, 4) is 6.07 Å². The van der Waals surface area contributed by atoms with Gasteiger partial charge in [0.25, 0.3) is 0 Å². The van der Waals surface area contributed by atoms with Crippen LogP contribution in [0.5, 0.6) is 0 Å². The van der Waals surface area contributed by atoms with Crippen molar-refractivity contribution in [1.82, 2.24) is 4.90 Å². The summed E-state index contributed by atoms with van der Waals surface area (Å²) in [5, 5.41) is 18.1. The monoisotopic (exact) mass is 228 g/mol. The van der Waals surface area contributed by atoms with E-state index >= 15 is 0 Å². The third kappa shape index (κ3) is 3.42. The van der Waals surface area contributed by atoms with Crippen LogP contribution in [0.1, 0.15) is 17.5 Å². The van der Waals surface area contributed by atoms with E-state index < -0.39 is 0 Å². The number of rotatable bonds is 3.